The van der Waals surface area contributed by atoms with Crippen LogP contribution in [-0.2, 0) is 4.79 Å². The monoisotopic (exact) mass is 454 g/mol. The Morgan fingerprint density at radius 3 is 2.42 bits per heavy atom. The summed E-state index contributed by atoms with van der Waals surface area (Å²) >= 11 is 7.34. The van der Waals surface area contributed by atoms with Crippen LogP contribution < -0.4 is 9.64 Å². The highest BCUT2D eigenvalue weighted by Gasteiger charge is 2.23. The van der Waals surface area contributed by atoms with Gasteiger partial charge in [0.15, 0.2) is 0 Å². The van der Waals surface area contributed by atoms with E-state index in [9.17, 15) is 4.79 Å². The lowest BCUT2D eigenvalue weighted by Crippen LogP contribution is -2.49. The number of methoxy groups -OCH3 is 1. The highest BCUT2D eigenvalue weighted by molar-refractivity contribution is 7.99. The number of halogens is 1. The van der Waals surface area contributed by atoms with Crippen molar-refractivity contribution in [2.75, 3.05) is 43.9 Å². The standard InChI is InChI=1S/C23H23ClN4O2S/c1-30-21-5-3-2-4-20(21)27-12-14-28(15-13-27)23(29)16-31-22-11-10-19(25-26-22)17-6-8-18(24)9-7-17/h2-11H,12-16H2,1H3. The van der Waals surface area contributed by atoms with E-state index in [0.29, 0.717) is 23.9 Å². The summed E-state index contributed by atoms with van der Waals surface area (Å²) in [4.78, 5) is 16.8. The third-order valence-corrected chi connectivity index (χ3v) is 6.34. The Balaban J connectivity index is 1.28. The molecule has 1 aromatic heterocycles. The van der Waals surface area contributed by atoms with Crippen LogP contribution in [0.15, 0.2) is 65.7 Å². The zero-order valence-electron chi connectivity index (χ0n) is 17.2. The third kappa shape index (κ3) is 5.29. The van der Waals surface area contributed by atoms with Crippen LogP contribution in [0.25, 0.3) is 11.3 Å². The number of nitrogens with zero attached hydrogens (tertiary/aromatic N) is 4. The van der Waals surface area contributed by atoms with Crippen LogP contribution in [0.1, 0.15) is 0 Å². The Kier molecular flexibility index (Phi) is 6.94. The summed E-state index contributed by atoms with van der Waals surface area (Å²) in [6, 6.07) is 19.3. The van der Waals surface area contributed by atoms with Crippen molar-refractivity contribution >= 4 is 35.0 Å². The molecule has 0 saturated carbocycles. The first-order valence-corrected chi connectivity index (χ1v) is 11.4. The van der Waals surface area contributed by atoms with Gasteiger partial charge in [-0.3, -0.25) is 4.79 Å². The van der Waals surface area contributed by atoms with Crippen molar-refractivity contribution in [1.29, 1.82) is 0 Å². The molecule has 1 amide bonds. The lowest BCUT2D eigenvalue weighted by molar-refractivity contribution is -0.128. The number of hydrogen-bond acceptors (Lipinski definition) is 6. The van der Waals surface area contributed by atoms with E-state index in [4.69, 9.17) is 16.3 Å². The van der Waals surface area contributed by atoms with Gasteiger partial charge in [0.2, 0.25) is 5.91 Å². The zero-order valence-corrected chi connectivity index (χ0v) is 18.8. The van der Waals surface area contributed by atoms with Gasteiger partial charge in [0, 0.05) is 36.8 Å². The van der Waals surface area contributed by atoms with E-state index in [1.54, 1.807) is 7.11 Å². The number of rotatable bonds is 6. The van der Waals surface area contributed by atoms with Gasteiger partial charge < -0.3 is 14.5 Å². The largest absolute Gasteiger partial charge is 0.495 e. The normalized spacial score (nSPS) is 13.9. The molecular formula is C23H23ClN4O2S. The summed E-state index contributed by atoms with van der Waals surface area (Å²) in [7, 11) is 1.68. The molecule has 2 heterocycles. The Morgan fingerprint density at radius 1 is 1.00 bits per heavy atom. The summed E-state index contributed by atoms with van der Waals surface area (Å²) in [6.45, 7) is 2.95. The molecule has 0 spiro atoms. The molecule has 8 heteroatoms. The van der Waals surface area contributed by atoms with Gasteiger partial charge in [0.25, 0.3) is 0 Å². The molecule has 0 unspecified atom stereocenters. The second-order valence-corrected chi connectivity index (χ2v) is 8.52. The zero-order chi connectivity index (χ0) is 21.6. The fraction of sp³-hybridized carbons (Fsp3) is 0.261. The fourth-order valence-electron chi connectivity index (χ4n) is 3.49. The maximum atomic E-state index is 12.7. The topological polar surface area (TPSA) is 58.6 Å². The number of ether oxygens (including phenoxy) is 1. The molecule has 4 rings (SSSR count). The van der Waals surface area contributed by atoms with Gasteiger partial charge in [0.05, 0.1) is 24.2 Å². The lowest BCUT2D eigenvalue weighted by Gasteiger charge is -2.36. The molecule has 0 radical (unpaired) electrons. The van der Waals surface area contributed by atoms with Gasteiger partial charge >= 0.3 is 0 Å². The molecule has 0 aliphatic carbocycles. The van der Waals surface area contributed by atoms with Crippen molar-refractivity contribution in [2.24, 2.45) is 0 Å². The molecule has 0 N–H and O–H groups in total. The lowest BCUT2D eigenvalue weighted by atomic mass is 10.1. The minimum absolute atomic E-state index is 0.119. The molecular weight excluding hydrogens is 432 g/mol. The van der Waals surface area contributed by atoms with Crippen molar-refractivity contribution in [1.82, 2.24) is 15.1 Å². The number of aromatic nitrogens is 2. The van der Waals surface area contributed by atoms with Gasteiger partial charge in [-0.25, -0.2) is 0 Å². The minimum Gasteiger partial charge on any atom is -0.495 e. The van der Waals surface area contributed by atoms with Crippen molar-refractivity contribution in [3.63, 3.8) is 0 Å². The smallest absolute Gasteiger partial charge is 0.233 e. The Bertz CT molecular complexity index is 1020. The average Bonchev–Trinajstić information content (AvgIpc) is 2.83. The van der Waals surface area contributed by atoms with Crippen LogP contribution in [0.5, 0.6) is 5.75 Å². The molecule has 0 bridgehead atoms. The number of carbonyl (C=O) groups is 1. The van der Waals surface area contributed by atoms with Gasteiger partial charge in [-0.15, -0.1) is 10.2 Å². The van der Waals surface area contributed by atoms with Crippen molar-refractivity contribution in [3.05, 3.63) is 65.7 Å². The van der Waals surface area contributed by atoms with Crippen LogP contribution >= 0.6 is 23.4 Å². The van der Waals surface area contributed by atoms with E-state index in [1.165, 1.54) is 11.8 Å². The van der Waals surface area contributed by atoms with Crippen LogP contribution in [0, 0.1) is 0 Å². The van der Waals surface area contributed by atoms with Gasteiger partial charge in [0.1, 0.15) is 10.8 Å². The summed E-state index contributed by atoms with van der Waals surface area (Å²) in [6.07, 6.45) is 0. The van der Waals surface area contributed by atoms with Crippen LogP contribution in [0.3, 0.4) is 0 Å². The average molecular weight is 455 g/mol. The number of para-hydroxylation sites is 2. The molecule has 31 heavy (non-hydrogen) atoms. The van der Waals surface area contributed by atoms with E-state index in [2.05, 4.69) is 21.2 Å². The van der Waals surface area contributed by atoms with E-state index in [-0.39, 0.29) is 5.91 Å². The number of anilines is 1. The molecule has 1 fully saturated rings. The van der Waals surface area contributed by atoms with E-state index < -0.39 is 0 Å². The highest BCUT2D eigenvalue weighted by Crippen LogP contribution is 2.28. The van der Waals surface area contributed by atoms with Crippen LogP contribution in [-0.4, -0.2) is 60.0 Å². The van der Waals surface area contributed by atoms with Gasteiger partial charge in [-0.1, -0.05) is 47.6 Å². The van der Waals surface area contributed by atoms with Gasteiger partial charge in [-0.2, -0.15) is 0 Å². The molecule has 6 nitrogen and oxygen atoms in total. The minimum atomic E-state index is 0.119. The molecule has 1 aliphatic heterocycles. The summed E-state index contributed by atoms with van der Waals surface area (Å²) in [5.41, 5.74) is 2.81. The molecule has 3 aromatic rings. The molecule has 2 aromatic carbocycles. The second-order valence-electron chi connectivity index (χ2n) is 7.09. The van der Waals surface area contributed by atoms with Crippen molar-refractivity contribution in [2.45, 2.75) is 5.03 Å². The predicted molar refractivity (Wildman–Crippen MR) is 125 cm³/mol. The number of hydrogen-bond donors (Lipinski definition) is 0. The summed E-state index contributed by atoms with van der Waals surface area (Å²) in [5, 5.41) is 9.95. The third-order valence-electron chi connectivity index (χ3n) is 5.18. The molecule has 0 atom stereocenters. The Morgan fingerprint density at radius 2 is 1.74 bits per heavy atom. The number of thioether (sulfide) groups is 1. The Hall–Kier alpha value is -2.77. The summed E-state index contributed by atoms with van der Waals surface area (Å²) in [5.74, 6) is 1.33. The first-order valence-electron chi connectivity index (χ1n) is 10.0. The SMILES string of the molecule is COc1ccccc1N1CCN(C(=O)CSc2ccc(-c3ccc(Cl)cc3)nn2)CC1. The first kappa shape index (κ1) is 21.5. The molecule has 1 saturated heterocycles. The van der Waals surface area contributed by atoms with Gasteiger partial charge in [-0.05, 0) is 36.4 Å². The van der Waals surface area contributed by atoms with Crippen molar-refractivity contribution in [3.8, 4) is 17.0 Å². The number of carbonyl (C=O) groups excluding carboxylic acids is 1. The molecule has 160 valence electrons. The Labute approximate surface area is 191 Å². The van der Waals surface area contributed by atoms with E-state index >= 15 is 0 Å². The van der Waals surface area contributed by atoms with E-state index in [0.717, 1.165) is 40.8 Å². The fourth-order valence-corrected chi connectivity index (χ4v) is 4.33. The quantitative estimate of drug-likeness (QED) is 0.519. The number of benzene rings is 2. The van der Waals surface area contributed by atoms with Crippen LogP contribution in [0.4, 0.5) is 5.69 Å². The second kappa shape index (κ2) is 10.0. The highest BCUT2D eigenvalue weighted by atomic mass is 35.5. The first-order chi connectivity index (χ1) is 15.1. The maximum absolute atomic E-state index is 12.7. The van der Waals surface area contributed by atoms with Crippen LogP contribution in [0.2, 0.25) is 5.02 Å². The maximum Gasteiger partial charge on any atom is 0.233 e. The number of amides is 1. The van der Waals surface area contributed by atoms with Crippen molar-refractivity contribution < 1.29 is 9.53 Å². The summed E-state index contributed by atoms with van der Waals surface area (Å²) < 4.78 is 5.46. The van der Waals surface area contributed by atoms with E-state index in [1.807, 2.05) is 59.5 Å². The number of piperazine rings is 1. The predicted octanol–water partition coefficient (Wildman–Crippen LogP) is 4.25. The molecule has 1 aliphatic rings.